The number of aromatic hydroxyl groups is 1. The van der Waals surface area contributed by atoms with E-state index in [4.69, 9.17) is 7.38 Å². The molecule has 0 heterocycles. The van der Waals surface area contributed by atoms with Crippen LogP contribution in [0.25, 0.3) is 0 Å². The van der Waals surface area contributed by atoms with Gasteiger partial charge in [-0.15, -0.1) is 0 Å². The number of carbonyl (C=O) groups excluding carboxylic acids is 1. The van der Waals surface area contributed by atoms with Crippen LogP contribution in [0.2, 0.25) is 0 Å². The summed E-state index contributed by atoms with van der Waals surface area (Å²) >= 11 is -1.75. The second-order valence-corrected chi connectivity index (χ2v) is 10.1. The van der Waals surface area contributed by atoms with E-state index in [0.717, 1.165) is 14.3 Å². The van der Waals surface area contributed by atoms with Crippen LogP contribution in [0.1, 0.15) is 12.5 Å². The van der Waals surface area contributed by atoms with Crippen molar-refractivity contribution >= 4 is 20.9 Å². The molecule has 22 heavy (non-hydrogen) atoms. The van der Waals surface area contributed by atoms with E-state index < -0.39 is 25.0 Å². The number of aliphatic imine (C=N–C) groups is 1. The molecule has 0 radical (unpaired) electrons. The van der Waals surface area contributed by atoms with Crippen molar-refractivity contribution in [1.29, 1.82) is 0 Å². The Balaban J connectivity index is 2.05. The van der Waals surface area contributed by atoms with Crippen LogP contribution in [-0.2, 0) is 32.5 Å². The van der Waals surface area contributed by atoms with Crippen molar-refractivity contribution in [2.24, 2.45) is 4.99 Å². The first-order valence-corrected chi connectivity index (χ1v) is 11.7. The van der Waals surface area contributed by atoms with Gasteiger partial charge in [0.05, 0.1) is 0 Å². The Bertz CT molecular complexity index is 683. The quantitative estimate of drug-likeness (QED) is 0.521. The first-order chi connectivity index (χ1) is 10.6. The van der Waals surface area contributed by atoms with Gasteiger partial charge in [-0.2, -0.15) is 0 Å². The first-order valence-electron chi connectivity index (χ1n) is 6.72. The SMILES string of the molecule is COc1cc(C=Nc2cc[c]([Hg][O]C(C)=O)cc2)ccc1O. The van der Waals surface area contributed by atoms with E-state index in [1.54, 1.807) is 24.4 Å². The fourth-order valence-corrected chi connectivity index (χ4v) is 4.89. The Morgan fingerprint density at radius 2 is 1.95 bits per heavy atom. The normalized spacial score (nSPS) is 10.3. The second kappa shape index (κ2) is 7.94. The molecular formula is C16H15HgNO4. The summed E-state index contributed by atoms with van der Waals surface area (Å²) in [4.78, 5) is 15.2. The molecule has 0 amide bonds. The van der Waals surface area contributed by atoms with Gasteiger partial charge in [-0.25, -0.2) is 0 Å². The molecule has 0 aromatic heterocycles. The van der Waals surface area contributed by atoms with Gasteiger partial charge in [0, 0.05) is 0 Å². The Morgan fingerprint density at radius 1 is 1.23 bits per heavy atom. The van der Waals surface area contributed by atoms with Gasteiger partial charge in [0.25, 0.3) is 0 Å². The number of carbonyl (C=O) groups is 1. The van der Waals surface area contributed by atoms with Gasteiger partial charge < -0.3 is 0 Å². The molecule has 0 bridgehead atoms. The molecule has 0 spiro atoms. The van der Waals surface area contributed by atoms with Gasteiger partial charge in [0.2, 0.25) is 0 Å². The van der Waals surface area contributed by atoms with Crippen LogP contribution in [0.15, 0.2) is 47.5 Å². The Labute approximate surface area is 141 Å². The van der Waals surface area contributed by atoms with E-state index in [-0.39, 0.29) is 11.7 Å². The van der Waals surface area contributed by atoms with Crippen LogP contribution in [0.5, 0.6) is 11.5 Å². The molecule has 0 aliphatic rings. The third-order valence-corrected chi connectivity index (χ3v) is 8.21. The van der Waals surface area contributed by atoms with Gasteiger partial charge in [-0.3, -0.25) is 0 Å². The molecule has 2 aromatic carbocycles. The fourth-order valence-electron chi connectivity index (χ4n) is 1.79. The van der Waals surface area contributed by atoms with E-state index in [0.29, 0.717) is 5.75 Å². The third kappa shape index (κ3) is 4.84. The monoisotopic (exact) mass is 487 g/mol. The molecule has 2 rings (SSSR count). The van der Waals surface area contributed by atoms with Crippen molar-refractivity contribution in [2.75, 3.05) is 7.11 Å². The molecule has 0 saturated heterocycles. The van der Waals surface area contributed by atoms with Crippen molar-refractivity contribution in [3.8, 4) is 11.5 Å². The number of hydrogen-bond acceptors (Lipinski definition) is 5. The van der Waals surface area contributed by atoms with Crippen LogP contribution in [-0.4, -0.2) is 24.4 Å². The molecule has 5 nitrogen and oxygen atoms in total. The maximum absolute atomic E-state index is 10.8. The Kier molecular flexibility index (Phi) is 5.95. The number of nitrogens with zero attached hydrogens (tertiary/aromatic N) is 1. The van der Waals surface area contributed by atoms with Gasteiger partial charge in [-0.1, -0.05) is 0 Å². The molecule has 6 heteroatoms. The van der Waals surface area contributed by atoms with E-state index in [2.05, 4.69) is 4.99 Å². The van der Waals surface area contributed by atoms with Crippen LogP contribution >= 0.6 is 0 Å². The molecule has 0 saturated carbocycles. The third-order valence-electron chi connectivity index (χ3n) is 2.94. The van der Waals surface area contributed by atoms with Crippen molar-refractivity contribution in [2.45, 2.75) is 6.92 Å². The summed E-state index contributed by atoms with van der Waals surface area (Å²) in [6, 6.07) is 12.7. The van der Waals surface area contributed by atoms with Gasteiger partial charge in [0.15, 0.2) is 0 Å². The van der Waals surface area contributed by atoms with E-state index in [1.165, 1.54) is 14.0 Å². The zero-order valence-electron chi connectivity index (χ0n) is 12.4. The minimum absolute atomic E-state index is 0.0995. The Hall–Kier alpha value is -1.88. The molecule has 0 unspecified atom stereocenters. The molecule has 0 aliphatic carbocycles. The predicted molar refractivity (Wildman–Crippen MR) is 79.8 cm³/mol. The van der Waals surface area contributed by atoms with Gasteiger partial charge in [-0.05, 0) is 0 Å². The van der Waals surface area contributed by atoms with E-state index in [1.807, 2.05) is 24.3 Å². The summed E-state index contributed by atoms with van der Waals surface area (Å²) in [5.41, 5.74) is 1.64. The van der Waals surface area contributed by atoms with Gasteiger partial charge in [0.1, 0.15) is 0 Å². The number of hydrogen-bond donors (Lipinski definition) is 1. The minimum atomic E-state index is -1.75. The number of ether oxygens (including phenoxy) is 1. The van der Waals surface area contributed by atoms with Gasteiger partial charge >= 0.3 is 142 Å². The van der Waals surface area contributed by atoms with Crippen molar-refractivity contribution in [3.05, 3.63) is 48.0 Å². The summed E-state index contributed by atoms with van der Waals surface area (Å²) < 4.78 is 11.3. The average Bonchev–Trinajstić information content (AvgIpc) is 2.53. The number of phenolic OH excluding ortho intramolecular Hbond substituents is 1. The zero-order chi connectivity index (χ0) is 15.9. The number of methoxy groups -OCH3 is 1. The average molecular weight is 486 g/mol. The number of phenols is 1. The standard InChI is InChI=1S/C14H12NO2.C2H4O2.Hg/c1-17-14-9-11(7-8-13(14)16)10-15-12-5-3-2-4-6-12;1-2(3)4;/h3-10,16H,1H3;1H3,(H,3,4);/q;;+1/p-1. The van der Waals surface area contributed by atoms with Crippen molar-refractivity contribution < 1.29 is 42.3 Å². The molecule has 0 aliphatic heterocycles. The van der Waals surface area contributed by atoms with E-state index in [9.17, 15) is 9.90 Å². The van der Waals surface area contributed by atoms with Crippen molar-refractivity contribution in [1.82, 2.24) is 0 Å². The first kappa shape index (κ1) is 16.5. The summed E-state index contributed by atoms with van der Waals surface area (Å²) in [5.74, 6) is 0.308. The van der Waals surface area contributed by atoms with Crippen LogP contribution in [0.3, 0.4) is 0 Å². The number of rotatable bonds is 5. The summed E-state index contributed by atoms with van der Waals surface area (Å²) in [6.07, 6.45) is 1.70. The molecule has 0 fully saturated rings. The van der Waals surface area contributed by atoms with Crippen LogP contribution in [0.4, 0.5) is 5.69 Å². The zero-order valence-corrected chi connectivity index (χ0v) is 17.9. The topological polar surface area (TPSA) is 68.1 Å². The molecule has 2 aromatic rings. The van der Waals surface area contributed by atoms with Crippen molar-refractivity contribution in [3.63, 3.8) is 0 Å². The van der Waals surface area contributed by atoms with Crippen LogP contribution in [0, 0.1) is 0 Å². The second-order valence-electron chi connectivity index (χ2n) is 4.64. The number of benzene rings is 2. The molecule has 0 atom stereocenters. The predicted octanol–water partition coefficient (Wildman–Crippen LogP) is 2.34. The maximum atomic E-state index is 10.8. The molecular weight excluding hydrogens is 471 g/mol. The fraction of sp³-hybridized carbons (Fsp3) is 0.125. The van der Waals surface area contributed by atoms with Crippen LogP contribution < -0.4 is 7.81 Å². The molecule has 1 N–H and O–H groups in total. The molecule has 110 valence electrons. The summed E-state index contributed by atoms with van der Waals surface area (Å²) in [7, 11) is 1.50. The van der Waals surface area contributed by atoms with E-state index >= 15 is 0 Å². The summed E-state index contributed by atoms with van der Waals surface area (Å²) in [5, 5.41) is 9.54. The Morgan fingerprint density at radius 3 is 2.59 bits per heavy atom. The summed E-state index contributed by atoms with van der Waals surface area (Å²) in [6.45, 7) is 1.44.